The van der Waals surface area contributed by atoms with Gasteiger partial charge in [-0.3, -0.25) is 0 Å². The van der Waals surface area contributed by atoms with Gasteiger partial charge in [0.05, 0.1) is 5.56 Å². The topological polar surface area (TPSA) is 18.5 Å². The van der Waals surface area contributed by atoms with E-state index in [1.807, 2.05) is 12.1 Å². The van der Waals surface area contributed by atoms with Gasteiger partial charge in [0.15, 0.2) is 0 Å². The molecule has 0 atom stereocenters. The second-order valence-corrected chi connectivity index (χ2v) is 13.2. The van der Waals surface area contributed by atoms with Crippen molar-refractivity contribution in [2.24, 2.45) is 0 Å². The van der Waals surface area contributed by atoms with Crippen LogP contribution in [0.25, 0.3) is 5.76 Å². The van der Waals surface area contributed by atoms with E-state index in [0.29, 0.717) is 5.88 Å². The van der Waals surface area contributed by atoms with E-state index >= 15 is 0 Å². The molecule has 1 aliphatic rings. The molecule has 1 aromatic rings. The normalized spacial score (nSPS) is 19.0. The minimum atomic E-state index is -2.56. The first kappa shape index (κ1) is 18.4. The zero-order valence-corrected chi connectivity index (χ0v) is 17.0. The third kappa shape index (κ3) is 3.46. The van der Waals surface area contributed by atoms with Gasteiger partial charge in [-0.15, -0.1) is 11.6 Å². The van der Waals surface area contributed by atoms with Gasteiger partial charge in [-0.2, -0.15) is 0 Å². The van der Waals surface area contributed by atoms with Crippen LogP contribution in [-0.4, -0.2) is 14.4 Å². The number of para-hydroxylation sites is 1. The lowest BCUT2D eigenvalue weighted by atomic mass is 10.1. The van der Waals surface area contributed by atoms with Crippen LogP contribution in [0.4, 0.5) is 0 Å². The van der Waals surface area contributed by atoms with Crippen molar-refractivity contribution in [1.29, 1.82) is 0 Å². The molecule has 0 unspecified atom stereocenters. The Morgan fingerprint density at radius 3 is 2.17 bits per heavy atom. The predicted octanol–water partition coefficient (Wildman–Crippen LogP) is 6.50. The van der Waals surface area contributed by atoms with E-state index in [9.17, 15) is 0 Å². The molecule has 0 fully saturated rings. The molecule has 0 aliphatic carbocycles. The second kappa shape index (κ2) is 6.52. The molecule has 0 radical (unpaired) electrons. The highest BCUT2D eigenvalue weighted by atomic mass is 35.5. The molecule has 0 saturated heterocycles. The van der Waals surface area contributed by atoms with E-state index in [0.717, 1.165) is 29.9 Å². The van der Waals surface area contributed by atoms with Crippen molar-refractivity contribution >= 4 is 25.9 Å². The van der Waals surface area contributed by atoms with Gasteiger partial charge < -0.3 is 8.85 Å². The fourth-order valence-corrected chi connectivity index (χ4v) is 8.01. The number of hydrogen-bond donors (Lipinski definition) is 0. The highest BCUT2D eigenvalue weighted by Crippen LogP contribution is 2.56. The van der Waals surface area contributed by atoms with E-state index in [4.69, 9.17) is 20.5 Å². The molecule has 1 heterocycles. The van der Waals surface area contributed by atoms with Crippen LogP contribution < -0.4 is 4.43 Å². The lowest BCUT2D eigenvalue weighted by Crippen LogP contribution is -2.60. The molecule has 0 N–H and O–H groups in total. The Bertz CT molecular complexity index is 568. The average molecular weight is 353 g/mol. The SMILES string of the molecule is CC(C)(C)[Si]1(C(C)(C)C)O/C(=C\CCCCl)c2ccccc2O1. The van der Waals surface area contributed by atoms with Crippen LogP contribution in [0.3, 0.4) is 0 Å². The summed E-state index contributed by atoms with van der Waals surface area (Å²) in [5.74, 6) is 2.59. The van der Waals surface area contributed by atoms with Gasteiger partial charge >= 0.3 is 8.56 Å². The predicted molar refractivity (Wildman–Crippen MR) is 101 cm³/mol. The van der Waals surface area contributed by atoms with E-state index in [2.05, 4.69) is 59.8 Å². The summed E-state index contributed by atoms with van der Waals surface area (Å²) in [6.45, 7) is 13.4. The van der Waals surface area contributed by atoms with Crippen LogP contribution in [0.1, 0.15) is 59.9 Å². The second-order valence-electron chi connectivity index (χ2n) is 8.22. The van der Waals surface area contributed by atoms with Gasteiger partial charge in [0.1, 0.15) is 11.5 Å². The first-order valence-electron chi connectivity index (χ1n) is 8.36. The summed E-state index contributed by atoms with van der Waals surface area (Å²) in [4.78, 5) is 0. The number of alkyl halides is 1. The highest BCUT2D eigenvalue weighted by molar-refractivity contribution is 6.75. The summed E-state index contributed by atoms with van der Waals surface area (Å²) in [6.07, 6.45) is 4.06. The number of rotatable bonds is 3. The third-order valence-corrected chi connectivity index (χ3v) is 9.53. The van der Waals surface area contributed by atoms with Crippen LogP contribution >= 0.6 is 11.6 Å². The van der Waals surface area contributed by atoms with Crippen molar-refractivity contribution in [3.8, 4) is 5.75 Å². The Labute approximate surface area is 147 Å². The van der Waals surface area contributed by atoms with Crippen LogP contribution in [0.15, 0.2) is 30.3 Å². The molecular formula is C19H29ClO2Si. The number of halogens is 1. The maximum absolute atomic E-state index is 6.71. The molecular weight excluding hydrogens is 324 g/mol. The quantitative estimate of drug-likeness (QED) is 0.351. The Kier molecular flexibility index (Phi) is 5.22. The molecule has 0 spiro atoms. The van der Waals surface area contributed by atoms with Crippen LogP contribution in [0.5, 0.6) is 5.75 Å². The third-order valence-electron chi connectivity index (χ3n) is 4.30. The average Bonchev–Trinajstić information content (AvgIpc) is 2.45. The zero-order chi connectivity index (χ0) is 17.3. The standard InChI is InChI=1S/C19H29ClO2Si/c1-18(2,3)23(19(4,5)6)21-16-12-8-7-11-15(16)17(22-23)13-9-10-14-20/h7-8,11-13H,9-10,14H2,1-6H3/b17-13-. The summed E-state index contributed by atoms with van der Waals surface area (Å²) >= 11 is 5.83. The number of unbranched alkanes of at least 4 members (excludes halogenated alkanes) is 1. The Hall–Kier alpha value is -0.933. The lowest BCUT2D eigenvalue weighted by molar-refractivity contribution is 0.260. The monoisotopic (exact) mass is 352 g/mol. The van der Waals surface area contributed by atoms with Gasteiger partial charge in [-0.1, -0.05) is 53.7 Å². The fraction of sp³-hybridized carbons (Fsp3) is 0.579. The molecule has 128 valence electrons. The first-order valence-corrected chi connectivity index (χ1v) is 10.7. The number of allylic oxidation sites excluding steroid dienone is 1. The Morgan fingerprint density at radius 2 is 1.61 bits per heavy atom. The van der Waals surface area contributed by atoms with Crippen molar-refractivity contribution in [1.82, 2.24) is 0 Å². The smallest absolute Gasteiger partial charge is 0.471 e. The number of fused-ring (bicyclic) bond motifs is 1. The van der Waals surface area contributed by atoms with Gasteiger partial charge in [0.2, 0.25) is 0 Å². The molecule has 23 heavy (non-hydrogen) atoms. The van der Waals surface area contributed by atoms with E-state index in [1.54, 1.807) is 0 Å². The molecule has 0 amide bonds. The Balaban J connectivity index is 2.56. The first-order chi connectivity index (χ1) is 10.6. The molecule has 0 bridgehead atoms. The van der Waals surface area contributed by atoms with Crippen LogP contribution in [0, 0.1) is 0 Å². The van der Waals surface area contributed by atoms with Crippen molar-refractivity contribution in [2.75, 3.05) is 5.88 Å². The molecule has 0 saturated carbocycles. The summed E-state index contributed by atoms with van der Waals surface area (Å²) in [7, 11) is -2.56. The molecule has 1 aromatic carbocycles. The van der Waals surface area contributed by atoms with E-state index in [-0.39, 0.29) is 10.1 Å². The van der Waals surface area contributed by atoms with E-state index < -0.39 is 8.56 Å². The van der Waals surface area contributed by atoms with Gasteiger partial charge in [-0.05, 0) is 31.1 Å². The highest BCUT2D eigenvalue weighted by Gasteiger charge is 2.64. The van der Waals surface area contributed by atoms with Crippen LogP contribution in [0.2, 0.25) is 10.1 Å². The zero-order valence-electron chi connectivity index (χ0n) is 15.2. The summed E-state index contributed by atoms with van der Waals surface area (Å²) in [6, 6.07) is 8.20. The lowest BCUT2D eigenvalue weighted by Gasteiger charge is -2.51. The molecule has 1 aliphatic heterocycles. The molecule has 2 nitrogen and oxygen atoms in total. The van der Waals surface area contributed by atoms with Crippen molar-refractivity contribution < 1.29 is 8.85 Å². The molecule has 0 aromatic heterocycles. The summed E-state index contributed by atoms with van der Waals surface area (Å²) in [5, 5.41) is -0.102. The number of hydrogen-bond acceptors (Lipinski definition) is 2. The maximum atomic E-state index is 6.71. The number of benzene rings is 1. The van der Waals surface area contributed by atoms with Gasteiger partial charge in [0.25, 0.3) is 0 Å². The summed E-state index contributed by atoms with van der Waals surface area (Å²) in [5.41, 5.74) is 1.05. The molecule has 2 rings (SSSR count). The van der Waals surface area contributed by atoms with Crippen molar-refractivity contribution in [2.45, 2.75) is 64.5 Å². The fourth-order valence-electron chi connectivity index (χ4n) is 3.34. The Morgan fingerprint density at radius 1 is 1.00 bits per heavy atom. The largest absolute Gasteiger partial charge is 0.511 e. The van der Waals surface area contributed by atoms with Gasteiger partial charge in [0, 0.05) is 16.0 Å². The van der Waals surface area contributed by atoms with E-state index in [1.165, 1.54) is 0 Å². The minimum Gasteiger partial charge on any atom is -0.511 e. The maximum Gasteiger partial charge on any atom is 0.471 e. The summed E-state index contributed by atoms with van der Waals surface area (Å²) < 4.78 is 13.3. The van der Waals surface area contributed by atoms with Gasteiger partial charge in [-0.25, -0.2) is 0 Å². The molecule has 4 heteroatoms. The minimum absolute atomic E-state index is 0.0512. The van der Waals surface area contributed by atoms with Crippen molar-refractivity contribution in [3.63, 3.8) is 0 Å². The van der Waals surface area contributed by atoms with Crippen molar-refractivity contribution in [3.05, 3.63) is 35.9 Å². The van der Waals surface area contributed by atoms with Crippen LogP contribution in [-0.2, 0) is 4.43 Å².